The Bertz CT molecular complexity index is 1110. The van der Waals surface area contributed by atoms with E-state index in [0.717, 1.165) is 5.56 Å². The maximum Gasteiger partial charge on any atom is 0.231 e. The quantitative estimate of drug-likeness (QED) is 0.636. The molecule has 0 radical (unpaired) electrons. The van der Waals surface area contributed by atoms with Gasteiger partial charge in [0.15, 0.2) is 34.5 Å². The van der Waals surface area contributed by atoms with Crippen LogP contribution in [0.1, 0.15) is 22.6 Å². The predicted molar refractivity (Wildman–Crippen MR) is 102 cm³/mol. The summed E-state index contributed by atoms with van der Waals surface area (Å²) >= 11 is 0. The van der Waals surface area contributed by atoms with Crippen LogP contribution in [-0.4, -0.2) is 30.6 Å². The molecule has 0 saturated heterocycles. The SMILES string of the molecule is Oc1cc2c(cc1C(c1ccc3c(c1)OCO3)c1cc3c(cc1O)OCO3)OCO2. The molecule has 0 unspecified atom stereocenters. The zero-order chi connectivity index (χ0) is 20.2. The predicted octanol–water partition coefficient (Wildman–Crippen LogP) is 3.46. The van der Waals surface area contributed by atoms with E-state index in [2.05, 4.69) is 0 Å². The molecule has 8 nitrogen and oxygen atoms in total. The number of phenolic OH excluding ortho intramolecular Hbond substituents is 2. The number of ether oxygens (including phenoxy) is 6. The molecular formula is C22H16O8. The first kappa shape index (κ1) is 17.0. The maximum absolute atomic E-state index is 10.8. The normalized spacial score (nSPS) is 15.1. The molecule has 30 heavy (non-hydrogen) atoms. The van der Waals surface area contributed by atoms with Crippen LogP contribution in [0.25, 0.3) is 0 Å². The van der Waals surface area contributed by atoms with Crippen molar-refractivity contribution in [2.24, 2.45) is 0 Å². The molecule has 0 amide bonds. The van der Waals surface area contributed by atoms with Gasteiger partial charge in [-0.2, -0.15) is 0 Å². The van der Waals surface area contributed by atoms with E-state index in [4.69, 9.17) is 28.4 Å². The van der Waals surface area contributed by atoms with Gasteiger partial charge in [-0.05, 0) is 29.8 Å². The van der Waals surface area contributed by atoms with Crippen molar-refractivity contribution in [3.63, 3.8) is 0 Å². The number of rotatable bonds is 3. The molecule has 3 aliphatic heterocycles. The topological polar surface area (TPSA) is 95.8 Å². The van der Waals surface area contributed by atoms with Crippen LogP contribution >= 0.6 is 0 Å². The van der Waals surface area contributed by atoms with Gasteiger partial charge in [-0.3, -0.25) is 0 Å². The van der Waals surface area contributed by atoms with E-state index in [1.807, 2.05) is 12.1 Å². The number of hydrogen-bond acceptors (Lipinski definition) is 8. The second-order valence-electron chi connectivity index (χ2n) is 7.07. The summed E-state index contributed by atoms with van der Waals surface area (Å²) in [5, 5.41) is 21.6. The lowest BCUT2D eigenvalue weighted by Crippen LogP contribution is -2.05. The highest BCUT2D eigenvalue weighted by molar-refractivity contribution is 5.62. The van der Waals surface area contributed by atoms with Gasteiger partial charge < -0.3 is 38.6 Å². The van der Waals surface area contributed by atoms with Crippen molar-refractivity contribution in [2.45, 2.75) is 5.92 Å². The van der Waals surface area contributed by atoms with Crippen LogP contribution in [0.4, 0.5) is 0 Å². The monoisotopic (exact) mass is 408 g/mol. The molecular weight excluding hydrogens is 392 g/mol. The van der Waals surface area contributed by atoms with Crippen molar-refractivity contribution in [3.8, 4) is 46.0 Å². The standard InChI is InChI=1S/C22H16O8/c23-14-6-20-18(27-9-29-20)4-12(14)22(11-1-2-16-17(3-11)26-8-25-16)13-5-19-21(7-15(13)24)30-10-28-19/h1-7,22-24H,8-10H2. The first-order valence-corrected chi connectivity index (χ1v) is 9.32. The summed E-state index contributed by atoms with van der Waals surface area (Å²) in [5.41, 5.74) is 1.85. The van der Waals surface area contributed by atoms with E-state index in [1.54, 1.807) is 18.2 Å². The van der Waals surface area contributed by atoms with Crippen LogP contribution < -0.4 is 28.4 Å². The lowest BCUT2D eigenvalue weighted by molar-refractivity contribution is 0.173. The van der Waals surface area contributed by atoms with Gasteiger partial charge in [0.05, 0.1) is 0 Å². The molecule has 3 aliphatic rings. The minimum atomic E-state index is -0.552. The molecule has 0 spiro atoms. The Hall–Kier alpha value is -3.94. The molecule has 3 aromatic carbocycles. The van der Waals surface area contributed by atoms with Crippen molar-refractivity contribution in [1.29, 1.82) is 0 Å². The zero-order valence-corrected chi connectivity index (χ0v) is 15.6. The number of benzene rings is 3. The Morgan fingerprint density at radius 3 is 1.50 bits per heavy atom. The molecule has 0 aliphatic carbocycles. The highest BCUT2D eigenvalue weighted by Crippen LogP contribution is 2.50. The van der Waals surface area contributed by atoms with Crippen molar-refractivity contribution in [1.82, 2.24) is 0 Å². The first-order chi connectivity index (χ1) is 14.7. The Morgan fingerprint density at radius 1 is 0.533 bits per heavy atom. The van der Waals surface area contributed by atoms with Crippen molar-refractivity contribution >= 4 is 0 Å². The van der Waals surface area contributed by atoms with E-state index in [9.17, 15) is 10.2 Å². The second-order valence-corrected chi connectivity index (χ2v) is 7.07. The summed E-state index contributed by atoms with van der Waals surface area (Å²) in [4.78, 5) is 0. The maximum atomic E-state index is 10.8. The van der Waals surface area contributed by atoms with Crippen molar-refractivity contribution in [2.75, 3.05) is 20.4 Å². The summed E-state index contributed by atoms with van der Waals surface area (Å²) in [6.45, 7) is 0.318. The van der Waals surface area contributed by atoms with Crippen LogP contribution in [0, 0.1) is 0 Å². The Labute approximate surface area is 170 Å². The fraction of sp³-hybridized carbons (Fsp3) is 0.182. The second kappa shape index (κ2) is 6.28. The van der Waals surface area contributed by atoms with Crippen molar-refractivity contribution in [3.05, 3.63) is 59.2 Å². The molecule has 2 N–H and O–H groups in total. The Morgan fingerprint density at radius 2 is 0.967 bits per heavy atom. The third kappa shape index (κ3) is 2.53. The third-order valence-corrected chi connectivity index (χ3v) is 5.40. The van der Waals surface area contributed by atoms with Gasteiger partial charge in [0, 0.05) is 29.2 Å². The fourth-order valence-electron chi connectivity index (χ4n) is 3.98. The Balaban J connectivity index is 1.57. The lowest BCUT2D eigenvalue weighted by atomic mass is 9.83. The summed E-state index contributed by atoms with van der Waals surface area (Å²) < 4.78 is 32.7. The summed E-state index contributed by atoms with van der Waals surface area (Å²) in [7, 11) is 0. The van der Waals surface area contributed by atoms with Gasteiger partial charge in [0.25, 0.3) is 0 Å². The average molecular weight is 408 g/mol. The van der Waals surface area contributed by atoms with Gasteiger partial charge in [0.2, 0.25) is 20.4 Å². The molecule has 3 heterocycles. The molecule has 6 rings (SSSR count). The Kier molecular flexibility index (Phi) is 3.55. The third-order valence-electron chi connectivity index (χ3n) is 5.40. The lowest BCUT2D eigenvalue weighted by Gasteiger charge is -2.22. The molecule has 3 aromatic rings. The fourth-order valence-corrected chi connectivity index (χ4v) is 3.98. The van der Waals surface area contributed by atoms with E-state index in [-0.39, 0.29) is 31.9 Å². The van der Waals surface area contributed by atoms with Gasteiger partial charge in [-0.25, -0.2) is 0 Å². The van der Waals surface area contributed by atoms with E-state index < -0.39 is 5.92 Å². The van der Waals surface area contributed by atoms with Crippen LogP contribution in [0.2, 0.25) is 0 Å². The summed E-state index contributed by atoms with van der Waals surface area (Å²) in [5.74, 6) is 2.69. The minimum absolute atomic E-state index is 0.0129. The largest absolute Gasteiger partial charge is 0.507 e. The van der Waals surface area contributed by atoms with E-state index in [0.29, 0.717) is 45.6 Å². The van der Waals surface area contributed by atoms with Gasteiger partial charge in [-0.15, -0.1) is 0 Å². The van der Waals surface area contributed by atoms with Crippen LogP contribution in [-0.2, 0) is 0 Å². The average Bonchev–Trinajstić information content (AvgIpc) is 3.48. The first-order valence-electron chi connectivity index (χ1n) is 9.32. The van der Waals surface area contributed by atoms with Crippen LogP contribution in [0.3, 0.4) is 0 Å². The van der Waals surface area contributed by atoms with Crippen LogP contribution in [0.15, 0.2) is 42.5 Å². The van der Waals surface area contributed by atoms with E-state index in [1.165, 1.54) is 12.1 Å². The van der Waals surface area contributed by atoms with E-state index >= 15 is 0 Å². The minimum Gasteiger partial charge on any atom is -0.507 e. The van der Waals surface area contributed by atoms with Gasteiger partial charge >= 0.3 is 0 Å². The molecule has 152 valence electrons. The van der Waals surface area contributed by atoms with Crippen molar-refractivity contribution < 1.29 is 38.6 Å². The van der Waals surface area contributed by atoms with Gasteiger partial charge in [0.1, 0.15) is 11.5 Å². The summed E-state index contributed by atoms with van der Waals surface area (Å²) in [6.07, 6.45) is 0. The number of hydrogen-bond donors (Lipinski definition) is 2. The zero-order valence-electron chi connectivity index (χ0n) is 15.6. The number of phenols is 2. The molecule has 0 aromatic heterocycles. The molecule has 0 atom stereocenters. The highest BCUT2D eigenvalue weighted by Gasteiger charge is 2.30. The van der Waals surface area contributed by atoms with Gasteiger partial charge in [-0.1, -0.05) is 6.07 Å². The molecule has 0 bridgehead atoms. The molecule has 0 fully saturated rings. The number of aromatic hydroxyl groups is 2. The molecule has 8 heteroatoms. The smallest absolute Gasteiger partial charge is 0.231 e. The van der Waals surface area contributed by atoms with Crippen LogP contribution in [0.5, 0.6) is 46.0 Å². The number of fused-ring (bicyclic) bond motifs is 3. The molecule has 0 saturated carbocycles. The highest BCUT2D eigenvalue weighted by atomic mass is 16.7. The summed E-state index contributed by atoms with van der Waals surface area (Å²) in [6, 6.07) is 12.0.